The van der Waals surface area contributed by atoms with E-state index in [9.17, 15) is 4.79 Å². The van der Waals surface area contributed by atoms with Gasteiger partial charge in [-0.1, -0.05) is 0 Å². The van der Waals surface area contributed by atoms with Crippen LogP contribution in [0.4, 0.5) is 0 Å². The third kappa shape index (κ3) is 2.85. The van der Waals surface area contributed by atoms with E-state index in [1.54, 1.807) is 29.9 Å². The van der Waals surface area contributed by atoms with Gasteiger partial charge in [-0.15, -0.1) is 0 Å². The molecule has 2 aromatic heterocycles. The Labute approximate surface area is 104 Å². The number of carboxylic acid groups (broad SMARTS) is 1. The van der Waals surface area contributed by atoms with Gasteiger partial charge in [0.15, 0.2) is 11.4 Å². The summed E-state index contributed by atoms with van der Waals surface area (Å²) in [6.07, 6.45) is 3.49. The normalized spacial score (nSPS) is 10.3. The molecule has 1 N–H and O–H groups in total. The van der Waals surface area contributed by atoms with Crippen LogP contribution in [0.2, 0.25) is 0 Å². The standard InChI is InChI=1S/C12H13N3O3/c1-9-3-4-10(11(14-9)12(16)17)18-8-7-15-6-2-5-13-15/h2-6H,7-8H2,1H3,(H,16,17). The summed E-state index contributed by atoms with van der Waals surface area (Å²) in [5, 5.41) is 13.0. The molecule has 6 nitrogen and oxygen atoms in total. The lowest BCUT2D eigenvalue weighted by molar-refractivity contribution is 0.0685. The molecule has 94 valence electrons. The van der Waals surface area contributed by atoms with Crippen molar-refractivity contribution < 1.29 is 14.6 Å². The number of ether oxygens (including phenoxy) is 1. The van der Waals surface area contributed by atoms with E-state index in [4.69, 9.17) is 9.84 Å². The minimum absolute atomic E-state index is 0.0598. The summed E-state index contributed by atoms with van der Waals surface area (Å²) in [6, 6.07) is 5.15. The van der Waals surface area contributed by atoms with Crippen LogP contribution in [-0.2, 0) is 6.54 Å². The lowest BCUT2D eigenvalue weighted by atomic mass is 10.3. The molecule has 6 heteroatoms. The molecule has 0 radical (unpaired) electrons. The third-order valence-electron chi connectivity index (χ3n) is 2.34. The molecule has 0 aliphatic rings. The van der Waals surface area contributed by atoms with E-state index in [1.165, 1.54) is 0 Å². The molecule has 0 bridgehead atoms. The summed E-state index contributed by atoms with van der Waals surface area (Å²) in [5.74, 6) is -0.812. The van der Waals surface area contributed by atoms with E-state index in [1.807, 2.05) is 12.3 Å². The Balaban J connectivity index is 2.02. The van der Waals surface area contributed by atoms with Crippen molar-refractivity contribution >= 4 is 5.97 Å². The average molecular weight is 247 g/mol. The number of aryl methyl sites for hydroxylation is 1. The van der Waals surface area contributed by atoms with Crippen molar-refractivity contribution in [3.05, 3.63) is 42.0 Å². The zero-order valence-electron chi connectivity index (χ0n) is 9.91. The number of rotatable bonds is 5. The van der Waals surface area contributed by atoms with Gasteiger partial charge in [-0.2, -0.15) is 5.10 Å². The Morgan fingerprint density at radius 1 is 1.50 bits per heavy atom. The van der Waals surface area contributed by atoms with Crippen LogP contribution in [0.5, 0.6) is 5.75 Å². The van der Waals surface area contributed by atoms with Gasteiger partial charge in [0.1, 0.15) is 6.61 Å². The highest BCUT2D eigenvalue weighted by Crippen LogP contribution is 2.16. The topological polar surface area (TPSA) is 77.2 Å². The molecule has 0 atom stereocenters. The number of aromatic carboxylic acids is 1. The molecular weight excluding hydrogens is 234 g/mol. The predicted octanol–water partition coefficient (Wildman–Crippen LogP) is 1.36. The molecule has 0 fully saturated rings. The minimum atomic E-state index is -1.09. The maximum Gasteiger partial charge on any atom is 0.358 e. The fraction of sp³-hybridized carbons (Fsp3) is 0.250. The van der Waals surface area contributed by atoms with Gasteiger partial charge in [0.25, 0.3) is 0 Å². The smallest absolute Gasteiger partial charge is 0.358 e. The van der Waals surface area contributed by atoms with Crippen molar-refractivity contribution in [3.8, 4) is 5.75 Å². The van der Waals surface area contributed by atoms with E-state index < -0.39 is 5.97 Å². The van der Waals surface area contributed by atoms with Gasteiger partial charge in [-0.25, -0.2) is 9.78 Å². The molecule has 0 spiro atoms. The van der Waals surface area contributed by atoms with Gasteiger partial charge >= 0.3 is 5.97 Å². The number of pyridine rings is 1. The van der Waals surface area contributed by atoms with Gasteiger partial charge in [0.05, 0.1) is 6.54 Å². The first kappa shape index (κ1) is 12.1. The quantitative estimate of drug-likeness (QED) is 0.863. The molecule has 0 saturated carbocycles. The molecule has 0 unspecified atom stereocenters. The van der Waals surface area contributed by atoms with Crippen molar-refractivity contribution in [3.63, 3.8) is 0 Å². The van der Waals surface area contributed by atoms with Crippen LogP contribution < -0.4 is 4.74 Å². The summed E-state index contributed by atoms with van der Waals surface area (Å²) in [5.41, 5.74) is 0.585. The summed E-state index contributed by atoms with van der Waals surface area (Å²) in [4.78, 5) is 14.9. The Hall–Kier alpha value is -2.37. The number of hydrogen-bond donors (Lipinski definition) is 1. The van der Waals surface area contributed by atoms with Crippen molar-refractivity contribution in [1.82, 2.24) is 14.8 Å². The molecule has 0 amide bonds. The van der Waals surface area contributed by atoms with Gasteiger partial charge in [0.2, 0.25) is 0 Å². The van der Waals surface area contributed by atoms with Crippen molar-refractivity contribution in [2.45, 2.75) is 13.5 Å². The lowest BCUT2D eigenvalue weighted by Gasteiger charge is -2.09. The molecule has 2 aromatic rings. The molecule has 0 aliphatic carbocycles. The molecule has 2 heterocycles. The Morgan fingerprint density at radius 2 is 2.33 bits per heavy atom. The first-order chi connectivity index (χ1) is 8.66. The van der Waals surface area contributed by atoms with Gasteiger partial charge < -0.3 is 9.84 Å². The SMILES string of the molecule is Cc1ccc(OCCn2cccn2)c(C(=O)O)n1. The first-order valence-electron chi connectivity index (χ1n) is 5.48. The second kappa shape index (κ2) is 5.31. The zero-order valence-corrected chi connectivity index (χ0v) is 9.91. The van der Waals surface area contributed by atoms with Crippen molar-refractivity contribution in [2.75, 3.05) is 6.61 Å². The maximum absolute atomic E-state index is 11.0. The summed E-state index contributed by atoms with van der Waals surface area (Å²) >= 11 is 0. The molecule has 0 aliphatic heterocycles. The fourth-order valence-electron chi connectivity index (χ4n) is 1.50. The van der Waals surface area contributed by atoms with Crippen LogP contribution in [0.15, 0.2) is 30.6 Å². The highest BCUT2D eigenvalue weighted by Gasteiger charge is 2.13. The number of nitrogens with zero attached hydrogens (tertiary/aromatic N) is 3. The lowest BCUT2D eigenvalue weighted by Crippen LogP contribution is -2.12. The number of aromatic nitrogens is 3. The monoisotopic (exact) mass is 247 g/mol. The van der Waals surface area contributed by atoms with Crippen LogP contribution in [0.1, 0.15) is 16.2 Å². The Morgan fingerprint density at radius 3 is 3.00 bits per heavy atom. The van der Waals surface area contributed by atoms with Crippen LogP contribution in [0, 0.1) is 6.92 Å². The van der Waals surface area contributed by atoms with Crippen molar-refractivity contribution in [2.24, 2.45) is 0 Å². The van der Waals surface area contributed by atoms with Gasteiger partial charge in [-0.05, 0) is 25.1 Å². The Kier molecular flexibility index (Phi) is 3.57. The second-order valence-corrected chi connectivity index (χ2v) is 3.72. The summed E-state index contributed by atoms with van der Waals surface area (Å²) < 4.78 is 7.13. The van der Waals surface area contributed by atoms with E-state index in [0.717, 1.165) is 0 Å². The molecule has 0 aromatic carbocycles. The number of hydrogen-bond acceptors (Lipinski definition) is 4. The number of carbonyl (C=O) groups is 1. The highest BCUT2D eigenvalue weighted by atomic mass is 16.5. The minimum Gasteiger partial charge on any atom is -0.489 e. The average Bonchev–Trinajstić information content (AvgIpc) is 2.84. The van der Waals surface area contributed by atoms with Crippen LogP contribution in [-0.4, -0.2) is 32.4 Å². The summed E-state index contributed by atoms with van der Waals surface area (Å²) in [7, 11) is 0. The Bertz CT molecular complexity index is 538. The van der Waals surface area contributed by atoms with E-state index >= 15 is 0 Å². The molecule has 18 heavy (non-hydrogen) atoms. The van der Waals surface area contributed by atoms with Crippen LogP contribution >= 0.6 is 0 Å². The summed E-state index contributed by atoms with van der Waals surface area (Å²) in [6.45, 7) is 2.63. The van der Waals surface area contributed by atoms with E-state index in [2.05, 4.69) is 10.1 Å². The zero-order chi connectivity index (χ0) is 13.0. The highest BCUT2D eigenvalue weighted by molar-refractivity contribution is 5.88. The first-order valence-corrected chi connectivity index (χ1v) is 5.48. The van der Waals surface area contributed by atoms with Gasteiger partial charge in [-0.3, -0.25) is 4.68 Å². The number of carboxylic acids is 1. The van der Waals surface area contributed by atoms with E-state index in [0.29, 0.717) is 18.8 Å². The van der Waals surface area contributed by atoms with Crippen LogP contribution in [0.3, 0.4) is 0 Å². The van der Waals surface area contributed by atoms with Gasteiger partial charge in [0, 0.05) is 18.1 Å². The van der Waals surface area contributed by atoms with Crippen molar-refractivity contribution in [1.29, 1.82) is 0 Å². The van der Waals surface area contributed by atoms with Crippen LogP contribution in [0.25, 0.3) is 0 Å². The molecular formula is C12H13N3O3. The molecule has 0 saturated heterocycles. The fourth-order valence-corrected chi connectivity index (χ4v) is 1.50. The van der Waals surface area contributed by atoms with E-state index in [-0.39, 0.29) is 11.4 Å². The second-order valence-electron chi connectivity index (χ2n) is 3.72. The molecule has 2 rings (SSSR count). The third-order valence-corrected chi connectivity index (χ3v) is 2.34. The predicted molar refractivity (Wildman–Crippen MR) is 63.7 cm³/mol. The largest absolute Gasteiger partial charge is 0.489 e. The maximum atomic E-state index is 11.0.